The number of rotatable bonds is 8. The number of ether oxygens (including phenoxy) is 2. The van der Waals surface area contributed by atoms with Gasteiger partial charge in [-0.3, -0.25) is 9.69 Å². The lowest BCUT2D eigenvalue weighted by Gasteiger charge is -2.35. The summed E-state index contributed by atoms with van der Waals surface area (Å²) in [6.07, 6.45) is -3.99. The van der Waals surface area contributed by atoms with Gasteiger partial charge in [-0.1, -0.05) is 60.7 Å². The van der Waals surface area contributed by atoms with Crippen molar-refractivity contribution >= 4 is 5.78 Å². The fraction of sp³-hybridized carbons (Fsp3) is 0.409. The Labute approximate surface area is 165 Å². The van der Waals surface area contributed by atoms with Gasteiger partial charge in [0.2, 0.25) is 0 Å². The highest BCUT2D eigenvalue weighted by Crippen LogP contribution is 2.18. The minimum atomic E-state index is -1.41. The number of aliphatic hydroxyl groups is 2. The van der Waals surface area contributed by atoms with Gasteiger partial charge in [-0.15, -0.1) is 0 Å². The number of carbonyl (C=O) groups is 1. The SMILES string of the molecule is CC1OC[C@@H](O)[C@H]([C@H](O)C(=O)CN(Cc2ccccc2)Cc2ccccc2)O1. The minimum Gasteiger partial charge on any atom is -0.388 e. The molecule has 1 unspecified atom stereocenters. The van der Waals surface area contributed by atoms with E-state index in [2.05, 4.69) is 0 Å². The molecule has 0 bridgehead atoms. The maximum absolute atomic E-state index is 12.8. The molecule has 1 saturated heterocycles. The van der Waals surface area contributed by atoms with Crippen LogP contribution < -0.4 is 0 Å². The molecule has 0 aliphatic carbocycles. The quantitative estimate of drug-likeness (QED) is 0.721. The summed E-state index contributed by atoms with van der Waals surface area (Å²) < 4.78 is 10.6. The molecular weight excluding hydrogens is 358 g/mol. The van der Waals surface area contributed by atoms with Crippen molar-refractivity contribution in [3.63, 3.8) is 0 Å². The number of Topliss-reactive ketones (excluding diaryl/α,β-unsaturated/α-hetero) is 1. The molecular formula is C22H27NO5. The maximum Gasteiger partial charge on any atom is 0.177 e. The van der Waals surface area contributed by atoms with Crippen LogP contribution in [0.5, 0.6) is 0 Å². The molecule has 1 aliphatic heterocycles. The average molecular weight is 385 g/mol. The van der Waals surface area contributed by atoms with Crippen molar-refractivity contribution < 1.29 is 24.5 Å². The van der Waals surface area contributed by atoms with E-state index >= 15 is 0 Å². The highest BCUT2D eigenvalue weighted by Gasteiger charge is 2.38. The van der Waals surface area contributed by atoms with Crippen LogP contribution in [0, 0.1) is 0 Å². The zero-order chi connectivity index (χ0) is 19.9. The van der Waals surface area contributed by atoms with Crippen molar-refractivity contribution in [1.29, 1.82) is 0 Å². The average Bonchev–Trinajstić information content (AvgIpc) is 2.70. The maximum atomic E-state index is 12.8. The number of carbonyl (C=O) groups excluding carboxylic acids is 1. The van der Waals surface area contributed by atoms with Crippen LogP contribution in [-0.2, 0) is 27.4 Å². The fourth-order valence-electron chi connectivity index (χ4n) is 3.31. The van der Waals surface area contributed by atoms with Gasteiger partial charge < -0.3 is 19.7 Å². The Morgan fingerprint density at radius 2 is 1.61 bits per heavy atom. The molecule has 0 aromatic heterocycles. The zero-order valence-corrected chi connectivity index (χ0v) is 16.0. The molecule has 0 radical (unpaired) electrons. The van der Waals surface area contributed by atoms with E-state index in [-0.39, 0.29) is 18.9 Å². The fourth-order valence-corrected chi connectivity index (χ4v) is 3.31. The molecule has 6 nitrogen and oxygen atoms in total. The van der Waals surface area contributed by atoms with Crippen LogP contribution in [0.1, 0.15) is 18.1 Å². The van der Waals surface area contributed by atoms with E-state index in [9.17, 15) is 15.0 Å². The first-order valence-electron chi connectivity index (χ1n) is 9.49. The van der Waals surface area contributed by atoms with Crippen LogP contribution in [0.15, 0.2) is 60.7 Å². The lowest BCUT2D eigenvalue weighted by Crippen LogP contribution is -2.53. The summed E-state index contributed by atoms with van der Waals surface area (Å²) in [7, 11) is 0. The zero-order valence-electron chi connectivity index (χ0n) is 16.0. The lowest BCUT2D eigenvalue weighted by molar-refractivity contribution is -0.261. The summed E-state index contributed by atoms with van der Waals surface area (Å²) in [5, 5.41) is 20.5. The number of hydrogen-bond acceptors (Lipinski definition) is 6. The minimum absolute atomic E-state index is 0.0356. The number of ketones is 1. The first-order chi connectivity index (χ1) is 13.5. The van der Waals surface area contributed by atoms with Crippen molar-refractivity contribution in [3.8, 4) is 0 Å². The Kier molecular flexibility index (Phi) is 7.30. The molecule has 1 heterocycles. The molecule has 28 heavy (non-hydrogen) atoms. The van der Waals surface area contributed by atoms with Gasteiger partial charge >= 0.3 is 0 Å². The molecule has 2 N–H and O–H groups in total. The Hall–Kier alpha value is -2.09. The summed E-state index contributed by atoms with van der Waals surface area (Å²) in [6, 6.07) is 19.8. The van der Waals surface area contributed by atoms with Gasteiger partial charge in [-0.2, -0.15) is 0 Å². The van der Waals surface area contributed by atoms with Crippen molar-refractivity contribution in [1.82, 2.24) is 4.90 Å². The third-order valence-corrected chi connectivity index (χ3v) is 4.75. The summed E-state index contributed by atoms with van der Waals surface area (Å²) in [4.78, 5) is 14.7. The van der Waals surface area contributed by atoms with E-state index in [4.69, 9.17) is 9.47 Å². The predicted molar refractivity (Wildman–Crippen MR) is 104 cm³/mol. The normalized spacial score (nSPS) is 23.5. The Bertz CT molecular complexity index is 698. The summed E-state index contributed by atoms with van der Waals surface area (Å²) in [5.41, 5.74) is 2.16. The molecule has 4 atom stereocenters. The van der Waals surface area contributed by atoms with Crippen LogP contribution in [0.3, 0.4) is 0 Å². The Morgan fingerprint density at radius 3 is 2.14 bits per heavy atom. The van der Waals surface area contributed by atoms with E-state index in [0.29, 0.717) is 13.1 Å². The molecule has 0 amide bonds. The van der Waals surface area contributed by atoms with Crippen LogP contribution in [0.2, 0.25) is 0 Å². The third kappa shape index (κ3) is 5.70. The number of benzene rings is 2. The number of nitrogens with zero attached hydrogens (tertiary/aromatic N) is 1. The molecule has 3 rings (SSSR count). The third-order valence-electron chi connectivity index (χ3n) is 4.75. The lowest BCUT2D eigenvalue weighted by atomic mass is 10.0. The first-order valence-corrected chi connectivity index (χ1v) is 9.49. The van der Waals surface area contributed by atoms with Crippen LogP contribution in [0.25, 0.3) is 0 Å². The molecule has 6 heteroatoms. The molecule has 2 aromatic carbocycles. The van der Waals surface area contributed by atoms with Gasteiger partial charge in [-0.25, -0.2) is 0 Å². The second kappa shape index (κ2) is 9.91. The summed E-state index contributed by atoms with van der Waals surface area (Å²) in [5.74, 6) is -0.384. The largest absolute Gasteiger partial charge is 0.388 e. The van der Waals surface area contributed by atoms with Crippen LogP contribution in [0.4, 0.5) is 0 Å². The highest BCUT2D eigenvalue weighted by molar-refractivity contribution is 5.85. The summed E-state index contributed by atoms with van der Waals surface area (Å²) in [6.45, 7) is 2.90. The van der Waals surface area contributed by atoms with Crippen LogP contribution >= 0.6 is 0 Å². The Morgan fingerprint density at radius 1 is 1.07 bits per heavy atom. The monoisotopic (exact) mass is 385 g/mol. The van der Waals surface area contributed by atoms with Gasteiger partial charge in [0.1, 0.15) is 18.3 Å². The van der Waals surface area contributed by atoms with Crippen molar-refractivity contribution in [2.75, 3.05) is 13.2 Å². The van der Waals surface area contributed by atoms with Crippen LogP contribution in [-0.4, -0.2) is 58.6 Å². The highest BCUT2D eigenvalue weighted by atomic mass is 16.7. The van der Waals surface area contributed by atoms with Gasteiger partial charge in [0.25, 0.3) is 0 Å². The molecule has 0 spiro atoms. The van der Waals surface area contributed by atoms with Gasteiger partial charge in [0, 0.05) is 13.1 Å². The van der Waals surface area contributed by atoms with Crippen molar-refractivity contribution in [2.45, 2.75) is 44.6 Å². The second-order valence-electron chi connectivity index (χ2n) is 7.10. The number of hydrogen-bond donors (Lipinski definition) is 2. The van der Waals surface area contributed by atoms with Gasteiger partial charge in [0.15, 0.2) is 12.1 Å². The van der Waals surface area contributed by atoms with E-state index in [1.54, 1.807) is 6.92 Å². The van der Waals surface area contributed by atoms with E-state index in [1.807, 2.05) is 65.6 Å². The standard InChI is InChI=1S/C22H27NO5/c1-16-27-15-20(25)22(28-16)21(26)19(24)14-23(12-17-8-4-2-5-9-17)13-18-10-6-3-7-11-18/h2-11,16,20-22,25-26H,12-15H2,1H3/t16?,20-,21-,22-/m1/s1. The van der Waals surface area contributed by atoms with E-state index in [0.717, 1.165) is 11.1 Å². The second-order valence-corrected chi connectivity index (χ2v) is 7.10. The first kappa shape index (κ1) is 20.6. The molecule has 1 fully saturated rings. The van der Waals surface area contributed by atoms with Crippen molar-refractivity contribution in [3.05, 3.63) is 71.8 Å². The topological polar surface area (TPSA) is 79.2 Å². The van der Waals surface area contributed by atoms with E-state index < -0.39 is 24.6 Å². The smallest absolute Gasteiger partial charge is 0.177 e. The van der Waals surface area contributed by atoms with Gasteiger partial charge in [0.05, 0.1) is 13.2 Å². The number of aliphatic hydroxyl groups excluding tert-OH is 2. The molecule has 2 aromatic rings. The summed E-state index contributed by atoms with van der Waals surface area (Å²) >= 11 is 0. The molecule has 150 valence electrons. The van der Waals surface area contributed by atoms with E-state index in [1.165, 1.54) is 0 Å². The molecule has 1 aliphatic rings. The van der Waals surface area contributed by atoms with Crippen molar-refractivity contribution in [2.24, 2.45) is 0 Å². The predicted octanol–water partition coefficient (Wildman–Crippen LogP) is 1.74. The molecule has 0 saturated carbocycles. The Balaban J connectivity index is 1.69. The van der Waals surface area contributed by atoms with Gasteiger partial charge in [-0.05, 0) is 18.1 Å².